The minimum absolute atomic E-state index is 0.103. The van der Waals surface area contributed by atoms with Gasteiger partial charge in [-0.1, -0.05) is 24.2 Å². The summed E-state index contributed by atoms with van der Waals surface area (Å²) in [5.74, 6) is -0.508. The number of carbonyl (C=O) groups is 1. The second-order valence-corrected chi connectivity index (χ2v) is 3.90. The molecular weight excluding hydrogens is 246 g/mol. The van der Waals surface area contributed by atoms with Crippen LogP contribution < -0.4 is 15.8 Å². The number of amidine groups is 1. The first-order valence-electron chi connectivity index (χ1n) is 6.14. The number of ether oxygens (including phenoxy) is 1. The highest BCUT2D eigenvalue weighted by Gasteiger charge is 2.22. The first-order valence-corrected chi connectivity index (χ1v) is 6.14. The van der Waals surface area contributed by atoms with Crippen LogP contribution in [-0.4, -0.2) is 23.6 Å². The van der Waals surface area contributed by atoms with Gasteiger partial charge >= 0.3 is 0 Å². The quantitative estimate of drug-likeness (QED) is 0.316. The van der Waals surface area contributed by atoms with Gasteiger partial charge in [0, 0.05) is 0 Å². The molecule has 0 heterocycles. The number of oxime groups is 1. The molecule has 0 saturated carbocycles. The number of nitrogens with zero attached hydrogens (tertiary/aromatic N) is 1. The normalized spacial score (nSPS) is 12.8. The van der Waals surface area contributed by atoms with Crippen molar-refractivity contribution in [3.8, 4) is 5.75 Å². The van der Waals surface area contributed by atoms with Crippen LogP contribution in [0.5, 0.6) is 5.75 Å². The van der Waals surface area contributed by atoms with Crippen molar-refractivity contribution in [2.75, 3.05) is 11.9 Å². The lowest BCUT2D eigenvalue weighted by atomic mass is 10.0. The first kappa shape index (κ1) is 14.8. The van der Waals surface area contributed by atoms with Gasteiger partial charge < -0.3 is 21.0 Å². The molecule has 6 heteroatoms. The second kappa shape index (κ2) is 7.25. The fourth-order valence-corrected chi connectivity index (χ4v) is 1.67. The van der Waals surface area contributed by atoms with Crippen LogP contribution in [0.25, 0.3) is 0 Å². The average Bonchev–Trinajstić information content (AvgIpc) is 2.41. The highest BCUT2D eigenvalue weighted by molar-refractivity contribution is 6.08. The van der Waals surface area contributed by atoms with Gasteiger partial charge in [0.2, 0.25) is 5.91 Å². The van der Waals surface area contributed by atoms with E-state index in [0.717, 1.165) is 0 Å². The summed E-state index contributed by atoms with van der Waals surface area (Å²) in [6.45, 7) is 4.16. The molecule has 0 aliphatic rings. The van der Waals surface area contributed by atoms with Crippen molar-refractivity contribution in [3.63, 3.8) is 0 Å². The van der Waals surface area contributed by atoms with Crippen LogP contribution in [0.1, 0.15) is 20.3 Å². The van der Waals surface area contributed by atoms with Crippen LogP contribution in [0.2, 0.25) is 0 Å². The third-order valence-corrected chi connectivity index (χ3v) is 2.64. The molecule has 0 radical (unpaired) electrons. The number of hydrogen-bond donors (Lipinski definition) is 3. The maximum atomic E-state index is 12.1. The van der Waals surface area contributed by atoms with Crippen molar-refractivity contribution in [3.05, 3.63) is 24.3 Å². The topological polar surface area (TPSA) is 96.9 Å². The zero-order valence-corrected chi connectivity index (χ0v) is 11.1. The third-order valence-electron chi connectivity index (χ3n) is 2.64. The Labute approximate surface area is 112 Å². The molecular formula is C13H19N3O3. The molecule has 0 fully saturated rings. The monoisotopic (exact) mass is 265 g/mol. The Morgan fingerprint density at radius 3 is 2.74 bits per heavy atom. The van der Waals surface area contributed by atoms with E-state index >= 15 is 0 Å². The van der Waals surface area contributed by atoms with Gasteiger partial charge in [-0.2, -0.15) is 0 Å². The number of benzene rings is 1. The summed E-state index contributed by atoms with van der Waals surface area (Å²) in [5, 5.41) is 14.3. The van der Waals surface area contributed by atoms with Crippen LogP contribution in [0.4, 0.5) is 5.69 Å². The van der Waals surface area contributed by atoms with E-state index in [0.29, 0.717) is 24.5 Å². The van der Waals surface area contributed by atoms with Crippen molar-refractivity contribution >= 4 is 17.4 Å². The van der Waals surface area contributed by atoms with Gasteiger partial charge in [0.15, 0.2) is 5.84 Å². The van der Waals surface area contributed by atoms with Crippen LogP contribution in [0.15, 0.2) is 29.4 Å². The zero-order valence-electron chi connectivity index (χ0n) is 11.1. The predicted molar refractivity (Wildman–Crippen MR) is 73.4 cm³/mol. The summed E-state index contributed by atoms with van der Waals surface area (Å²) in [5.41, 5.74) is 6.06. The van der Waals surface area contributed by atoms with Crippen molar-refractivity contribution < 1.29 is 14.7 Å². The number of nitrogens with two attached hydrogens (primary N) is 1. The maximum Gasteiger partial charge on any atom is 0.235 e. The number of carbonyl (C=O) groups excluding carboxylic acids is 1. The van der Waals surface area contributed by atoms with Gasteiger partial charge in [-0.25, -0.2) is 0 Å². The van der Waals surface area contributed by atoms with Gasteiger partial charge in [-0.15, -0.1) is 0 Å². The highest BCUT2D eigenvalue weighted by atomic mass is 16.5. The second-order valence-electron chi connectivity index (χ2n) is 3.90. The Hall–Kier alpha value is -2.24. The highest BCUT2D eigenvalue weighted by Crippen LogP contribution is 2.24. The minimum atomic E-state index is -0.667. The molecule has 1 rings (SSSR count). The zero-order chi connectivity index (χ0) is 14.3. The molecule has 0 spiro atoms. The molecule has 19 heavy (non-hydrogen) atoms. The summed E-state index contributed by atoms with van der Waals surface area (Å²) in [4.78, 5) is 12.1. The van der Waals surface area contributed by atoms with Crippen molar-refractivity contribution in [1.29, 1.82) is 0 Å². The van der Waals surface area contributed by atoms with Gasteiger partial charge in [-0.3, -0.25) is 4.79 Å². The standard InChI is InChI=1S/C13H19N3O3/c1-3-9(12(14)16-18)13(17)15-10-7-5-6-8-11(10)19-4-2/h5-9,18H,3-4H2,1-2H3,(H2,14,16)(H,15,17). The lowest BCUT2D eigenvalue weighted by Crippen LogP contribution is -2.34. The summed E-state index contributed by atoms with van der Waals surface area (Å²) in [6.07, 6.45) is 0.443. The minimum Gasteiger partial charge on any atom is -0.492 e. The molecule has 0 bridgehead atoms. The fourth-order valence-electron chi connectivity index (χ4n) is 1.67. The summed E-state index contributed by atoms with van der Waals surface area (Å²) < 4.78 is 5.41. The lowest BCUT2D eigenvalue weighted by molar-refractivity contribution is -0.118. The van der Waals surface area contributed by atoms with Gasteiger partial charge in [0.1, 0.15) is 5.75 Å². The number of amides is 1. The summed E-state index contributed by atoms with van der Waals surface area (Å²) in [6, 6.07) is 7.12. The number of rotatable bonds is 6. The van der Waals surface area contributed by atoms with E-state index in [1.165, 1.54) is 0 Å². The maximum absolute atomic E-state index is 12.1. The van der Waals surface area contributed by atoms with E-state index in [4.69, 9.17) is 15.7 Å². The lowest BCUT2D eigenvalue weighted by Gasteiger charge is -2.15. The first-order chi connectivity index (χ1) is 9.13. The van der Waals surface area contributed by atoms with Crippen LogP contribution in [0.3, 0.4) is 0 Å². The molecule has 1 aromatic carbocycles. The molecule has 1 atom stereocenters. The molecule has 1 unspecified atom stereocenters. The van der Waals surface area contributed by atoms with Crippen LogP contribution in [0, 0.1) is 5.92 Å². The van der Waals surface area contributed by atoms with Crippen LogP contribution >= 0.6 is 0 Å². The van der Waals surface area contributed by atoms with E-state index < -0.39 is 5.92 Å². The largest absolute Gasteiger partial charge is 0.492 e. The molecule has 0 aromatic heterocycles. The number of para-hydroxylation sites is 2. The van der Waals surface area contributed by atoms with Crippen LogP contribution in [-0.2, 0) is 4.79 Å². The molecule has 104 valence electrons. The van der Waals surface area contributed by atoms with E-state index in [1.807, 2.05) is 13.0 Å². The van der Waals surface area contributed by atoms with Gasteiger partial charge in [0.05, 0.1) is 18.2 Å². The average molecular weight is 265 g/mol. The molecule has 1 aromatic rings. The number of anilines is 1. The van der Waals surface area contributed by atoms with Crippen molar-refractivity contribution in [1.82, 2.24) is 0 Å². The van der Waals surface area contributed by atoms with E-state index in [9.17, 15) is 4.79 Å². The number of nitrogens with one attached hydrogen (secondary N) is 1. The Morgan fingerprint density at radius 2 is 2.16 bits per heavy atom. The molecule has 6 nitrogen and oxygen atoms in total. The molecule has 0 aliphatic carbocycles. The summed E-state index contributed by atoms with van der Waals surface area (Å²) in [7, 11) is 0. The molecule has 0 aliphatic heterocycles. The van der Waals surface area contributed by atoms with Crippen molar-refractivity contribution in [2.24, 2.45) is 16.8 Å². The smallest absolute Gasteiger partial charge is 0.235 e. The van der Waals surface area contributed by atoms with E-state index in [2.05, 4.69) is 10.5 Å². The van der Waals surface area contributed by atoms with E-state index in [-0.39, 0.29) is 11.7 Å². The Balaban J connectivity index is 2.87. The van der Waals surface area contributed by atoms with Crippen molar-refractivity contribution in [2.45, 2.75) is 20.3 Å². The molecule has 4 N–H and O–H groups in total. The Kier molecular flexibility index (Phi) is 5.66. The Bertz CT molecular complexity index is 460. The number of hydrogen-bond acceptors (Lipinski definition) is 4. The molecule has 0 saturated heterocycles. The predicted octanol–water partition coefficient (Wildman–Crippen LogP) is 1.80. The molecule has 1 amide bonds. The van der Waals surface area contributed by atoms with Gasteiger partial charge in [0.25, 0.3) is 0 Å². The summed E-state index contributed by atoms with van der Waals surface area (Å²) >= 11 is 0. The Morgan fingerprint density at radius 1 is 1.47 bits per heavy atom. The van der Waals surface area contributed by atoms with E-state index in [1.54, 1.807) is 25.1 Å². The van der Waals surface area contributed by atoms with Gasteiger partial charge in [-0.05, 0) is 25.5 Å². The fraction of sp³-hybridized carbons (Fsp3) is 0.385. The third kappa shape index (κ3) is 3.87. The SMILES string of the molecule is CCOc1ccccc1NC(=O)C(CC)C(N)=NO.